The summed E-state index contributed by atoms with van der Waals surface area (Å²) in [4.78, 5) is 0. The molecule has 2 aliphatic rings. The van der Waals surface area contributed by atoms with Gasteiger partial charge < -0.3 is 0 Å². The van der Waals surface area contributed by atoms with Gasteiger partial charge in [-0.15, -0.1) is 0 Å². The molecule has 2 rings (SSSR count). The van der Waals surface area contributed by atoms with Gasteiger partial charge in [0.1, 0.15) is 0 Å². The first-order valence-corrected chi connectivity index (χ1v) is 3.40. The highest BCUT2D eigenvalue weighted by Crippen LogP contribution is 2.67. The summed E-state index contributed by atoms with van der Waals surface area (Å²) in [5.41, 5.74) is 0. The summed E-state index contributed by atoms with van der Waals surface area (Å²) in [7, 11) is 0. The summed E-state index contributed by atoms with van der Waals surface area (Å²) in [5.74, 6) is 2.02. The Balaban J connectivity index is 2.18. The predicted molar refractivity (Wildman–Crippen MR) is 33.6 cm³/mol. The predicted octanol–water partition coefficient (Wildman–Crippen LogP) is 1.71. The van der Waals surface area contributed by atoms with Crippen LogP contribution in [0.3, 0.4) is 0 Å². The molecule has 2 fully saturated rings. The van der Waals surface area contributed by atoms with Gasteiger partial charge in [0.15, 0.2) is 0 Å². The van der Waals surface area contributed by atoms with Crippen LogP contribution in [0.5, 0.6) is 0 Å². The third-order valence-electron chi connectivity index (χ3n) is 2.67. The van der Waals surface area contributed by atoms with E-state index in [1.807, 2.05) is 0 Å². The normalized spacial score (nSPS) is 66.0. The van der Waals surface area contributed by atoms with Gasteiger partial charge in [-0.25, -0.2) is 0 Å². The molecule has 0 aromatic rings. The second kappa shape index (κ2) is 0.883. The van der Waals surface area contributed by atoms with Crippen LogP contribution < -0.4 is 0 Å². The maximum absolute atomic E-state index is 4.49. The molecule has 1 heteroatoms. The third-order valence-corrected chi connectivity index (χ3v) is 3.33. The Morgan fingerprint density at radius 3 is 1.86 bits per heavy atom. The largest absolute Gasteiger partial charge is 0.172 e. The lowest BCUT2D eigenvalue weighted by Gasteiger charge is -2.03. The molecule has 2 saturated carbocycles. The van der Waals surface area contributed by atoms with Crippen LogP contribution in [0.25, 0.3) is 0 Å². The Morgan fingerprint density at radius 1 is 1.43 bits per heavy atom. The Bertz CT molecular complexity index is 94.7. The van der Waals surface area contributed by atoms with Gasteiger partial charge in [-0.2, -0.15) is 12.6 Å². The Hall–Kier alpha value is 0.350. The molecule has 0 aliphatic heterocycles. The highest BCUT2D eigenvalue weighted by atomic mass is 32.1. The lowest BCUT2D eigenvalue weighted by molar-refractivity contribution is 0.468. The van der Waals surface area contributed by atoms with Gasteiger partial charge in [0.25, 0.3) is 0 Å². The van der Waals surface area contributed by atoms with E-state index in [-0.39, 0.29) is 0 Å². The van der Waals surface area contributed by atoms with E-state index in [9.17, 15) is 0 Å². The van der Waals surface area contributed by atoms with E-state index in [4.69, 9.17) is 0 Å². The maximum atomic E-state index is 4.49. The molecule has 2 atom stereocenters. The third kappa shape index (κ3) is 0.321. The van der Waals surface area contributed by atoms with Crippen molar-refractivity contribution < 1.29 is 0 Å². The monoisotopic (exact) mass is 114 g/mol. The number of thiol groups is 1. The lowest BCUT2D eigenvalue weighted by Crippen LogP contribution is -1.93. The van der Waals surface area contributed by atoms with E-state index in [2.05, 4.69) is 19.6 Å². The van der Waals surface area contributed by atoms with Crippen LogP contribution in [0.1, 0.15) is 19.8 Å². The van der Waals surface area contributed by atoms with Crippen LogP contribution in [-0.2, 0) is 0 Å². The standard InChI is InChI=1S/C6H10S/c1-6(7)4-2-3-5(4)6/h4-5,7H,2-3H2,1H3. The summed E-state index contributed by atoms with van der Waals surface area (Å²) in [6.45, 7) is 2.26. The highest BCUT2D eigenvalue weighted by Gasteiger charge is 2.63. The van der Waals surface area contributed by atoms with E-state index in [1.54, 1.807) is 0 Å². The van der Waals surface area contributed by atoms with Crippen LogP contribution in [-0.4, -0.2) is 4.75 Å². The van der Waals surface area contributed by atoms with Crippen molar-refractivity contribution >= 4 is 12.6 Å². The fraction of sp³-hybridized carbons (Fsp3) is 1.00. The Labute approximate surface area is 49.7 Å². The number of fused-ring (bicyclic) bond motifs is 1. The van der Waals surface area contributed by atoms with Crippen LogP contribution in [0.4, 0.5) is 0 Å². The molecular formula is C6H10S. The second-order valence-electron chi connectivity index (χ2n) is 3.02. The maximum Gasteiger partial charge on any atom is 0.0164 e. The molecule has 0 nitrogen and oxygen atoms in total. The van der Waals surface area contributed by atoms with Crippen LogP contribution in [0.15, 0.2) is 0 Å². The van der Waals surface area contributed by atoms with Crippen LogP contribution in [0, 0.1) is 11.8 Å². The smallest absolute Gasteiger partial charge is 0.0164 e. The first-order chi connectivity index (χ1) is 3.23. The highest BCUT2D eigenvalue weighted by molar-refractivity contribution is 7.82. The zero-order chi connectivity index (χ0) is 5.07. The van der Waals surface area contributed by atoms with E-state index >= 15 is 0 Å². The quantitative estimate of drug-likeness (QED) is 0.455. The van der Waals surface area contributed by atoms with Crippen LogP contribution in [0.2, 0.25) is 0 Å². The van der Waals surface area contributed by atoms with Crippen molar-refractivity contribution in [2.45, 2.75) is 24.5 Å². The molecule has 0 bridgehead atoms. The fourth-order valence-electron chi connectivity index (χ4n) is 1.77. The van der Waals surface area contributed by atoms with Crippen molar-refractivity contribution in [3.05, 3.63) is 0 Å². The molecule has 0 spiro atoms. The second-order valence-corrected chi connectivity index (χ2v) is 3.98. The Morgan fingerprint density at radius 2 is 1.86 bits per heavy atom. The minimum absolute atomic E-state index is 0.472. The molecule has 0 heterocycles. The number of rotatable bonds is 0. The summed E-state index contributed by atoms with van der Waals surface area (Å²) in [5, 5.41) is 0. The molecule has 0 saturated heterocycles. The van der Waals surface area contributed by atoms with Gasteiger partial charge in [-0.05, 0) is 24.7 Å². The zero-order valence-electron chi connectivity index (χ0n) is 4.52. The van der Waals surface area contributed by atoms with Crippen molar-refractivity contribution in [2.24, 2.45) is 11.8 Å². The van der Waals surface area contributed by atoms with Gasteiger partial charge in [0, 0.05) is 4.75 Å². The summed E-state index contributed by atoms with van der Waals surface area (Å²) in [6, 6.07) is 0. The molecule has 0 N–H and O–H groups in total. The molecular weight excluding hydrogens is 104 g/mol. The average Bonchev–Trinajstić information content (AvgIpc) is 1.52. The molecule has 0 aromatic heterocycles. The molecule has 2 unspecified atom stereocenters. The minimum Gasteiger partial charge on any atom is -0.172 e. The van der Waals surface area contributed by atoms with Gasteiger partial charge in [-0.3, -0.25) is 0 Å². The summed E-state index contributed by atoms with van der Waals surface area (Å²) < 4.78 is 0.472. The zero-order valence-corrected chi connectivity index (χ0v) is 5.41. The summed E-state index contributed by atoms with van der Waals surface area (Å²) in [6.07, 6.45) is 2.90. The van der Waals surface area contributed by atoms with Crippen molar-refractivity contribution in [2.75, 3.05) is 0 Å². The lowest BCUT2D eigenvalue weighted by atomic mass is 10.0. The average molecular weight is 114 g/mol. The van der Waals surface area contributed by atoms with Gasteiger partial charge in [0.05, 0.1) is 0 Å². The first kappa shape index (κ1) is 4.25. The minimum atomic E-state index is 0.472. The number of hydrogen-bond acceptors (Lipinski definition) is 1. The molecule has 0 amide bonds. The molecule has 0 radical (unpaired) electrons. The molecule has 2 aliphatic carbocycles. The van der Waals surface area contributed by atoms with Crippen molar-refractivity contribution in [1.29, 1.82) is 0 Å². The van der Waals surface area contributed by atoms with E-state index < -0.39 is 0 Å². The van der Waals surface area contributed by atoms with Crippen LogP contribution >= 0.6 is 12.6 Å². The SMILES string of the molecule is CC1(S)C2CCC21. The molecule has 7 heavy (non-hydrogen) atoms. The fourth-order valence-corrected chi connectivity index (χ4v) is 2.31. The molecule has 0 aromatic carbocycles. The van der Waals surface area contributed by atoms with Crippen molar-refractivity contribution in [3.63, 3.8) is 0 Å². The van der Waals surface area contributed by atoms with Crippen molar-refractivity contribution in [1.82, 2.24) is 0 Å². The molecule has 40 valence electrons. The van der Waals surface area contributed by atoms with Gasteiger partial charge in [-0.1, -0.05) is 6.92 Å². The van der Waals surface area contributed by atoms with Gasteiger partial charge >= 0.3 is 0 Å². The Kier molecular flexibility index (Phi) is 0.536. The summed E-state index contributed by atoms with van der Waals surface area (Å²) >= 11 is 4.49. The topological polar surface area (TPSA) is 0 Å². The van der Waals surface area contributed by atoms with E-state index in [0.29, 0.717) is 4.75 Å². The first-order valence-electron chi connectivity index (χ1n) is 2.95. The van der Waals surface area contributed by atoms with E-state index in [0.717, 1.165) is 11.8 Å². The number of hydrogen-bond donors (Lipinski definition) is 1. The van der Waals surface area contributed by atoms with Crippen molar-refractivity contribution in [3.8, 4) is 0 Å². The van der Waals surface area contributed by atoms with E-state index in [1.165, 1.54) is 12.8 Å². The van der Waals surface area contributed by atoms with Gasteiger partial charge in [0.2, 0.25) is 0 Å².